The van der Waals surface area contributed by atoms with E-state index in [0.29, 0.717) is 0 Å². The molecule has 131 valence electrons. The van der Waals surface area contributed by atoms with Crippen LogP contribution in [0.15, 0.2) is 54.6 Å². The van der Waals surface area contributed by atoms with E-state index in [-0.39, 0.29) is 0 Å². The van der Waals surface area contributed by atoms with Crippen LogP contribution in [-0.4, -0.2) is 52.6 Å². The Bertz CT molecular complexity index is 668. The number of benzene rings is 2. The molecule has 0 atom stereocenters. The van der Waals surface area contributed by atoms with Crippen LogP contribution >= 0.6 is 0 Å². The second-order valence-electron chi connectivity index (χ2n) is 7.13. The van der Waals surface area contributed by atoms with E-state index < -0.39 is 8.80 Å². The van der Waals surface area contributed by atoms with Crippen LogP contribution in [-0.2, 0) is 6.54 Å². The lowest BCUT2D eigenvalue weighted by molar-refractivity contribution is 0.258. The van der Waals surface area contributed by atoms with E-state index in [0.717, 1.165) is 19.6 Å². The molecule has 0 spiro atoms. The number of anilines is 1. The number of hydrogen-bond donors (Lipinski definition) is 1. The third-order valence-electron chi connectivity index (χ3n) is 5.50. The molecule has 2 aromatic rings. The Kier molecular flexibility index (Phi) is 5.50. The zero-order valence-corrected chi connectivity index (χ0v) is 16.0. The van der Waals surface area contributed by atoms with E-state index in [1.807, 2.05) is 0 Å². The summed E-state index contributed by atoms with van der Waals surface area (Å²) >= 11 is 0. The fraction of sp³-hybridized carbons (Fsp3) is 0.429. The van der Waals surface area contributed by atoms with Gasteiger partial charge < -0.3 is 10.2 Å². The molecule has 0 amide bonds. The average Bonchev–Trinajstić information content (AvgIpc) is 2.69. The molecule has 0 aliphatic carbocycles. The monoisotopic (exact) mass is 350 g/mol. The third-order valence-corrected chi connectivity index (χ3v) is 8.38. The quantitative estimate of drug-likeness (QED) is 0.835. The first-order valence-electron chi connectivity index (χ1n) is 9.56. The highest BCUT2D eigenvalue weighted by Gasteiger charge is 2.22. The molecular formula is C21H28N3Si. The SMILES string of the molecule is c1ccc(N2CCN(CCC[Si]3CNCc4ccccc43)CC2)cc1. The van der Waals surface area contributed by atoms with Crippen LogP contribution in [0.1, 0.15) is 12.0 Å². The molecule has 0 bridgehead atoms. The van der Waals surface area contributed by atoms with Gasteiger partial charge in [0.15, 0.2) is 0 Å². The summed E-state index contributed by atoms with van der Waals surface area (Å²) in [4.78, 5) is 5.17. The smallest absolute Gasteiger partial charge is 0.101 e. The minimum absolute atomic E-state index is 0.407. The zero-order valence-electron chi connectivity index (χ0n) is 15.0. The number of piperazine rings is 1. The Balaban J connectivity index is 1.23. The van der Waals surface area contributed by atoms with Crippen molar-refractivity contribution < 1.29 is 0 Å². The van der Waals surface area contributed by atoms with Gasteiger partial charge in [-0.2, -0.15) is 0 Å². The van der Waals surface area contributed by atoms with Crippen molar-refractivity contribution in [1.29, 1.82) is 0 Å². The minimum atomic E-state index is -0.407. The highest BCUT2D eigenvalue weighted by atomic mass is 28.3. The van der Waals surface area contributed by atoms with Crippen molar-refractivity contribution >= 4 is 19.7 Å². The number of nitrogens with one attached hydrogen (secondary N) is 1. The van der Waals surface area contributed by atoms with Crippen molar-refractivity contribution in [3.8, 4) is 0 Å². The molecular weight excluding hydrogens is 322 g/mol. The Morgan fingerprint density at radius 1 is 0.880 bits per heavy atom. The molecule has 0 saturated carbocycles. The molecule has 1 radical (unpaired) electrons. The lowest BCUT2D eigenvalue weighted by Gasteiger charge is -2.36. The van der Waals surface area contributed by atoms with Crippen LogP contribution in [0, 0.1) is 0 Å². The predicted molar refractivity (Wildman–Crippen MR) is 108 cm³/mol. The summed E-state index contributed by atoms with van der Waals surface area (Å²) in [6.07, 6.45) is 2.58. The van der Waals surface area contributed by atoms with Crippen molar-refractivity contribution in [2.45, 2.75) is 19.0 Å². The molecule has 0 unspecified atom stereocenters. The van der Waals surface area contributed by atoms with E-state index >= 15 is 0 Å². The number of nitrogens with zero attached hydrogens (tertiary/aromatic N) is 2. The Hall–Kier alpha value is -1.62. The molecule has 2 aliphatic heterocycles. The van der Waals surface area contributed by atoms with Crippen LogP contribution in [0.2, 0.25) is 6.04 Å². The second-order valence-corrected chi connectivity index (χ2v) is 9.73. The normalized spacial score (nSPS) is 19.0. The van der Waals surface area contributed by atoms with Gasteiger partial charge in [0.05, 0.1) is 0 Å². The Morgan fingerprint density at radius 3 is 2.48 bits per heavy atom. The van der Waals surface area contributed by atoms with Crippen molar-refractivity contribution in [3.05, 3.63) is 60.2 Å². The van der Waals surface area contributed by atoms with Gasteiger partial charge in [0.2, 0.25) is 0 Å². The van der Waals surface area contributed by atoms with Crippen LogP contribution in [0.25, 0.3) is 0 Å². The van der Waals surface area contributed by atoms with Gasteiger partial charge >= 0.3 is 0 Å². The Labute approximate surface area is 153 Å². The second kappa shape index (κ2) is 8.17. The molecule has 3 nitrogen and oxygen atoms in total. The summed E-state index contributed by atoms with van der Waals surface area (Å²) in [6, 6.07) is 21.3. The highest BCUT2D eigenvalue weighted by molar-refractivity contribution is 6.74. The zero-order chi connectivity index (χ0) is 16.9. The lowest BCUT2D eigenvalue weighted by atomic mass is 10.2. The predicted octanol–water partition coefficient (Wildman–Crippen LogP) is 2.24. The molecule has 4 rings (SSSR count). The average molecular weight is 351 g/mol. The summed E-state index contributed by atoms with van der Waals surface area (Å²) in [5, 5.41) is 5.31. The summed E-state index contributed by atoms with van der Waals surface area (Å²) in [6.45, 7) is 7.04. The largest absolute Gasteiger partial charge is 0.369 e. The molecule has 1 fully saturated rings. The highest BCUT2D eigenvalue weighted by Crippen LogP contribution is 2.16. The van der Waals surface area contributed by atoms with Gasteiger partial charge in [0.1, 0.15) is 8.80 Å². The van der Waals surface area contributed by atoms with E-state index in [2.05, 4.69) is 69.7 Å². The molecule has 1 N–H and O–H groups in total. The van der Waals surface area contributed by atoms with Crippen molar-refractivity contribution in [1.82, 2.24) is 10.2 Å². The van der Waals surface area contributed by atoms with Crippen LogP contribution in [0.4, 0.5) is 5.69 Å². The van der Waals surface area contributed by atoms with Gasteiger partial charge in [0, 0.05) is 38.4 Å². The summed E-state index contributed by atoms with van der Waals surface area (Å²) in [7, 11) is -0.407. The maximum absolute atomic E-state index is 3.63. The maximum atomic E-state index is 3.63. The number of hydrogen-bond acceptors (Lipinski definition) is 3. The van der Waals surface area contributed by atoms with E-state index in [1.54, 1.807) is 10.8 Å². The number of fused-ring (bicyclic) bond motifs is 1. The van der Waals surface area contributed by atoms with Crippen molar-refractivity contribution in [2.75, 3.05) is 43.8 Å². The molecule has 0 aromatic heterocycles. The minimum Gasteiger partial charge on any atom is -0.369 e. The van der Waals surface area contributed by atoms with Crippen LogP contribution in [0.5, 0.6) is 0 Å². The van der Waals surface area contributed by atoms with Gasteiger partial charge in [-0.25, -0.2) is 0 Å². The molecule has 2 heterocycles. The first kappa shape index (κ1) is 16.8. The summed E-state index contributed by atoms with van der Waals surface area (Å²) in [5.41, 5.74) is 2.91. The topological polar surface area (TPSA) is 18.5 Å². The maximum Gasteiger partial charge on any atom is 0.101 e. The van der Waals surface area contributed by atoms with Crippen molar-refractivity contribution in [3.63, 3.8) is 0 Å². The molecule has 1 saturated heterocycles. The summed E-state index contributed by atoms with van der Waals surface area (Å²) < 4.78 is 0. The standard InChI is InChI=1S/C21H28N3Si/c1-2-8-20(9-3-1)24-14-12-23(13-15-24)11-6-16-25-18-22-17-19-7-4-5-10-21(19)25/h1-5,7-10,22H,6,11-18H2. The fourth-order valence-electron chi connectivity index (χ4n) is 4.07. The molecule has 25 heavy (non-hydrogen) atoms. The molecule has 2 aliphatic rings. The number of rotatable bonds is 5. The summed E-state index contributed by atoms with van der Waals surface area (Å²) in [5.74, 6) is 0. The van der Waals surface area contributed by atoms with Crippen LogP contribution in [0.3, 0.4) is 0 Å². The van der Waals surface area contributed by atoms with E-state index in [9.17, 15) is 0 Å². The molecule has 2 aromatic carbocycles. The van der Waals surface area contributed by atoms with Gasteiger partial charge in [-0.1, -0.05) is 53.7 Å². The Morgan fingerprint density at radius 2 is 1.64 bits per heavy atom. The van der Waals surface area contributed by atoms with Gasteiger partial charge in [0.25, 0.3) is 0 Å². The lowest BCUT2D eigenvalue weighted by Crippen LogP contribution is -2.49. The first-order chi connectivity index (χ1) is 12.4. The van der Waals surface area contributed by atoms with Gasteiger partial charge in [-0.15, -0.1) is 0 Å². The molecule has 4 heteroatoms. The fourth-order valence-corrected chi connectivity index (χ4v) is 6.68. The van der Waals surface area contributed by atoms with E-state index in [4.69, 9.17) is 0 Å². The van der Waals surface area contributed by atoms with Gasteiger partial charge in [-0.3, -0.25) is 4.90 Å². The number of para-hydroxylation sites is 1. The van der Waals surface area contributed by atoms with E-state index in [1.165, 1.54) is 44.0 Å². The first-order valence-corrected chi connectivity index (χ1v) is 11.5. The van der Waals surface area contributed by atoms with Gasteiger partial charge in [-0.05, 0) is 36.8 Å². The third kappa shape index (κ3) is 4.14. The van der Waals surface area contributed by atoms with Crippen LogP contribution < -0.4 is 15.4 Å². The van der Waals surface area contributed by atoms with Crippen molar-refractivity contribution in [2.24, 2.45) is 0 Å².